The summed E-state index contributed by atoms with van der Waals surface area (Å²) in [6.45, 7) is 3.40. The molecule has 0 radical (unpaired) electrons. The number of aromatic nitrogens is 2. The summed E-state index contributed by atoms with van der Waals surface area (Å²) in [5.74, 6) is 1.97. The average molecular weight is 221 g/mol. The molecule has 2 N–H and O–H groups in total. The number of nitrogens with zero attached hydrogens (tertiary/aromatic N) is 4. The number of anilines is 2. The molecule has 1 aliphatic rings. The maximum atomic E-state index is 5.57. The molecule has 2 rings (SSSR count). The van der Waals surface area contributed by atoms with E-state index in [-0.39, 0.29) is 0 Å². The lowest BCUT2D eigenvalue weighted by Gasteiger charge is -2.22. The first-order valence-corrected chi connectivity index (χ1v) is 5.63. The topological polar surface area (TPSA) is 58.3 Å². The van der Waals surface area contributed by atoms with Gasteiger partial charge in [-0.1, -0.05) is 0 Å². The third kappa shape index (κ3) is 2.61. The second kappa shape index (κ2) is 4.65. The molecule has 5 heteroatoms. The van der Waals surface area contributed by atoms with Crippen molar-refractivity contribution in [2.45, 2.75) is 6.42 Å². The fourth-order valence-corrected chi connectivity index (χ4v) is 2.23. The molecule has 1 aromatic heterocycles. The fraction of sp³-hybridized carbons (Fsp3) is 0.636. The van der Waals surface area contributed by atoms with E-state index in [1.54, 1.807) is 6.20 Å². The Labute approximate surface area is 96.3 Å². The van der Waals surface area contributed by atoms with Gasteiger partial charge in [-0.2, -0.15) is 4.98 Å². The molecule has 2 heterocycles. The van der Waals surface area contributed by atoms with E-state index < -0.39 is 0 Å². The van der Waals surface area contributed by atoms with E-state index in [9.17, 15) is 0 Å². The quantitative estimate of drug-likeness (QED) is 0.803. The van der Waals surface area contributed by atoms with Gasteiger partial charge in [0.2, 0.25) is 5.95 Å². The minimum Gasteiger partial charge on any atom is -0.368 e. The molecule has 1 fully saturated rings. The highest BCUT2D eigenvalue weighted by atomic mass is 15.2. The third-order valence-corrected chi connectivity index (χ3v) is 3.07. The predicted octanol–water partition coefficient (Wildman–Crippen LogP) is 0.447. The molecule has 16 heavy (non-hydrogen) atoms. The highest BCUT2D eigenvalue weighted by Gasteiger charge is 2.21. The first-order valence-electron chi connectivity index (χ1n) is 5.63. The smallest absolute Gasteiger partial charge is 0.221 e. The molecule has 5 nitrogen and oxygen atoms in total. The molecule has 0 spiro atoms. The number of nitrogens with two attached hydrogens (primary N) is 1. The van der Waals surface area contributed by atoms with Crippen LogP contribution in [0.2, 0.25) is 0 Å². The maximum Gasteiger partial charge on any atom is 0.221 e. The van der Waals surface area contributed by atoms with Crippen molar-refractivity contribution in [3.63, 3.8) is 0 Å². The van der Waals surface area contributed by atoms with Crippen LogP contribution in [-0.2, 0) is 0 Å². The molecular formula is C11H19N5. The zero-order valence-corrected chi connectivity index (χ0v) is 9.93. The molecule has 0 saturated carbocycles. The van der Waals surface area contributed by atoms with E-state index in [0.29, 0.717) is 5.95 Å². The second-order valence-corrected chi connectivity index (χ2v) is 4.57. The monoisotopic (exact) mass is 221 g/mol. The summed E-state index contributed by atoms with van der Waals surface area (Å²) in [5.41, 5.74) is 5.57. The lowest BCUT2D eigenvalue weighted by Crippen LogP contribution is -2.28. The second-order valence-electron chi connectivity index (χ2n) is 4.57. The molecule has 1 atom stereocenters. The Balaban J connectivity index is 1.95. The summed E-state index contributed by atoms with van der Waals surface area (Å²) in [6, 6.07) is 1.90. The molecule has 1 aromatic rings. The number of hydrogen-bond acceptors (Lipinski definition) is 5. The van der Waals surface area contributed by atoms with Crippen molar-refractivity contribution in [1.82, 2.24) is 14.9 Å². The minimum atomic E-state index is 0.341. The van der Waals surface area contributed by atoms with Gasteiger partial charge in [0.15, 0.2) is 0 Å². The Morgan fingerprint density at radius 3 is 3.06 bits per heavy atom. The molecule has 0 amide bonds. The van der Waals surface area contributed by atoms with Crippen LogP contribution in [0.1, 0.15) is 6.42 Å². The van der Waals surface area contributed by atoms with E-state index in [0.717, 1.165) is 18.3 Å². The summed E-state index contributed by atoms with van der Waals surface area (Å²) in [4.78, 5) is 12.6. The Morgan fingerprint density at radius 1 is 1.62 bits per heavy atom. The minimum absolute atomic E-state index is 0.341. The Hall–Kier alpha value is -1.36. The van der Waals surface area contributed by atoms with E-state index in [1.807, 2.05) is 6.07 Å². The largest absolute Gasteiger partial charge is 0.368 e. The van der Waals surface area contributed by atoms with Gasteiger partial charge in [-0.05, 0) is 32.0 Å². The van der Waals surface area contributed by atoms with Gasteiger partial charge in [0.25, 0.3) is 0 Å². The number of likely N-dealkylation sites (tertiary alicyclic amines) is 1. The highest BCUT2D eigenvalue weighted by molar-refractivity contribution is 5.39. The number of hydrogen-bond donors (Lipinski definition) is 1. The maximum absolute atomic E-state index is 5.57. The van der Waals surface area contributed by atoms with Crippen LogP contribution in [-0.4, -0.2) is 48.6 Å². The van der Waals surface area contributed by atoms with Crippen LogP contribution in [0.15, 0.2) is 12.3 Å². The van der Waals surface area contributed by atoms with Gasteiger partial charge in [0, 0.05) is 26.3 Å². The van der Waals surface area contributed by atoms with Crippen molar-refractivity contribution in [1.29, 1.82) is 0 Å². The summed E-state index contributed by atoms with van der Waals surface area (Å²) in [7, 11) is 4.22. The molecule has 1 aliphatic heterocycles. The van der Waals surface area contributed by atoms with Gasteiger partial charge in [-0.25, -0.2) is 4.98 Å². The van der Waals surface area contributed by atoms with Gasteiger partial charge in [-0.15, -0.1) is 0 Å². The predicted molar refractivity (Wildman–Crippen MR) is 65.3 cm³/mol. The van der Waals surface area contributed by atoms with E-state index >= 15 is 0 Å². The van der Waals surface area contributed by atoms with Crippen molar-refractivity contribution < 1.29 is 0 Å². The molecule has 0 aromatic carbocycles. The zero-order valence-electron chi connectivity index (χ0n) is 9.93. The first kappa shape index (κ1) is 11.1. The zero-order chi connectivity index (χ0) is 11.5. The van der Waals surface area contributed by atoms with Crippen molar-refractivity contribution in [2.24, 2.45) is 5.92 Å². The molecule has 0 bridgehead atoms. The van der Waals surface area contributed by atoms with Crippen LogP contribution >= 0.6 is 0 Å². The van der Waals surface area contributed by atoms with Crippen molar-refractivity contribution in [3.8, 4) is 0 Å². The van der Waals surface area contributed by atoms with E-state index in [1.165, 1.54) is 19.5 Å². The third-order valence-electron chi connectivity index (χ3n) is 3.07. The normalized spacial score (nSPS) is 21.2. The van der Waals surface area contributed by atoms with Crippen LogP contribution < -0.4 is 10.6 Å². The standard InChI is InChI=1S/C11H19N5/c1-15-6-4-9(7-15)8-16(2)10-3-5-13-11(12)14-10/h3,5,9H,4,6-8H2,1-2H3,(H2,12,13,14). The van der Waals surface area contributed by atoms with Gasteiger partial charge in [0.1, 0.15) is 5.82 Å². The van der Waals surface area contributed by atoms with Gasteiger partial charge in [-0.3, -0.25) is 0 Å². The lowest BCUT2D eigenvalue weighted by molar-refractivity contribution is 0.395. The van der Waals surface area contributed by atoms with Crippen molar-refractivity contribution in [3.05, 3.63) is 12.3 Å². The SMILES string of the molecule is CN1CCC(CN(C)c2ccnc(N)n2)C1. The molecule has 1 unspecified atom stereocenters. The summed E-state index contributed by atoms with van der Waals surface area (Å²) in [6.07, 6.45) is 2.97. The van der Waals surface area contributed by atoms with E-state index in [4.69, 9.17) is 5.73 Å². The molecule has 88 valence electrons. The fourth-order valence-electron chi connectivity index (χ4n) is 2.23. The van der Waals surface area contributed by atoms with Gasteiger partial charge < -0.3 is 15.5 Å². The molecule has 0 aliphatic carbocycles. The molecular weight excluding hydrogens is 202 g/mol. The lowest BCUT2D eigenvalue weighted by atomic mass is 10.1. The summed E-state index contributed by atoms with van der Waals surface area (Å²) >= 11 is 0. The Kier molecular flexibility index (Phi) is 3.24. The van der Waals surface area contributed by atoms with Crippen LogP contribution in [0.25, 0.3) is 0 Å². The number of rotatable bonds is 3. The van der Waals surface area contributed by atoms with Crippen molar-refractivity contribution >= 4 is 11.8 Å². The van der Waals surface area contributed by atoms with E-state index in [2.05, 4.69) is 33.9 Å². The molecule has 1 saturated heterocycles. The van der Waals surface area contributed by atoms with Gasteiger partial charge >= 0.3 is 0 Å². The summed E-state index contributed by atoms with van der Waals surface area (Å²) in [5, 5.41) is 0. The van der Waals surface area contributed by atoms with Crippen LogP contribution in [0.3, 0.4) is 0 Å². The summed E-state index contributed by atoms with van der Waals surface area (Å²) < 4.78 is 0. The Bertz CT molecular complexity index is 354. The van der Waals surface area contributed by atoms with Gasteiger partial charge in [0.05, 0.1) is 0 Å². The van der Waals surface area contributed by atoms with Crippen LogP contribution in [0, 0.1) is 5.92 Å². The van der Waals surface area contributed by atoms with Crippen LogP contribution in [0.4, 0.5) is 11.8 Å². The van der Waals surface area contributed by atoms with Crippen molar-refractivity contribution in [2.75, 3.05) is 44.4 Å². The highest BCUT2D eigenvalue weighted by Crippen LogP contribution is 2.18. The Morgan fingerprint density at radius 2 is 2.44 bits per heavy atom. The number of nitrogen functional groups attached to an aromatic ring is 1. The van der Waals surface area contributed by atoms with Crippen LogP contribution in [0.5, 0.6) is 0 Å². The average Bonchev–Trinajstić information content (AvgIpc) is 2.64. The first-order chi connectivity index (χ1) is 7.65.